The summed E-state index contributed by atoms with van der Waals surface area (Å²) in [6.07, 6.45) is 0. The SMILES string of the molecule is CC(=O)c1cc(F)cc(Nc2ccccc2F)c1. The van der Waals surface area contributed by atoms with Gasteiger partial charge < -0.3 is 5.32 Å². The zero-order chi connectivity index (χ0) is 13.1. The summed E-state index contributed by atoms with van der Waals surface area (Å²) in [6.45, 7) is 1.35. The van der Waals surface area contributed by atoms with Gasteiger partial charge in [-0.2, -0.15) is 0 Å². The lowest BCUT2D eigenvalue weighted by Gasteiger charge is -2.08. The zero-order valence-electron chi connectivity index (χ0n) is 9.71. The van der Waals surface area contributed by atoms with E-state index >= 15 is 0 Å². The number of para-hydroxylation sites is 1. The summed E-state index contributed by atoms with van der Waals surface area (Å²) in [5, 5.41) is 2.74. The van der Waals surface area contributed by atoms with Crippen LogP contribution in [-0.2, 0) is 0 Å². The van der Waals surface area contributed by atoms with E-state index in [4.69, 9.17) is 0 Å². The molecule has 18 heavy (non-hydrogen) atoms. The average molecular weight is 247 g/mol. The third-order valence-electron chi connectivity index (χ3n) is 2.46. The molecule has 0 unspecified atom stereocenters. The maximum absolute atomic E-state index is 13.4. The summed E-state index contributed by atoms with van der Waals surface area (Å²) in [4.78, 5) is 11.2. The highest BCUT2D eigenvalue weighted by molar-refractivity contribution is 5.95. The van der Waals surface area contributed by atoms with Gasteiger partial charge in [-0.15, -0.1) is 0 Å². The Labute approximate surface area is 103 Å². The molecule has 4 heteroatoms. The minimum absolute atomic E-state index is 0.234. The number of Topliss-reactive ketones (excluding diaryl/α,β-unsaturated/α-hetero) is 1. The number of halogens is 2. The molecule has 0 amide bonds. The van der Waals surface area contributed by atoms with Gasteiger partial charge >= 0.3 is 0 Å². The Morgan fingerprint density at radius 1 is 1.11 bits per heavy atom. The van der Waals surface area contributed by atoms with E-state index < -0.39 is 11.6 Å². The highest BCUT2D eigenvalue weighted by atomic mass is 19.1. The number of ketones is 1. The van der Waals surface area contributed by atoms with Gasteiger partial charge in [0.15, 0.2) is 5.78 Å². The first-order chi connectivity index (χ1) is 8.56. The van der Waals surface area contributed by atoms with E-state index in [1.807, 2.05) is 0 Å². The number of anilines is 2. The topological polar surface area (TPSA) is 29.1 Å². The number of carbonyl (C=O) groups is 1. The first-order valence-electron chi connectivity index (χ1n) is 5.39. The fourth-order valence-electron chi connectivity index (χ4n) is 1.58. The second kappa shape index (κ2) is 4.96. The molecule has 0 aliphatic rings. The van der Waals surface area contributed by atoms with Crippen LogP contribution in [0.1, 0.15) is 17.3 Å². The van der Waals surface area contributed by atoms with Gasteiger partial charge in [0.1, 0.15) is 11.6 Å². The van der Waals surface area contributed by atoms with E-state index in [2.05, 4.69) is 5.32 Å². The van der Waals surface area contributed by atoms with Crippen molar-refractivity contribution in [2.45, 2.75) is 6.92 Å². The van der Waals surface area contributed by atoms with Gasteiger partial charge in [-0.1, -0.05) is 12.1 Å². The molecule has 2 aromatic rings. The fourth-order valence-corrected chi connectivity index (χ4v) is 1.58. The van der Waals surface area contributed by atoms with Crippen molar-refractivity contribution in [3.05, 3.63) is 59.7 Å². The number of carbonyl (C=O) groups excluding carboxylic acids is 1. The van der Waals surface area contributed by atoms with Crippen LogP contribution in [0, 0.1) is 11.6 Å². The monoisotopic (exact) mass is 247 g/mol. The first-order valence-corrected chi connectivity index (χ1v) is 5.39. The minimum Gasteiger partial charge on any atom is -0.353 e. The van der Waals surface area contributed by atoms with Gasteiger partial charge in [-0.25, -0.2) is 8.78 Å². The minimum atomic E-state index is -0.540. The predicted octanol–water partition coefficient (Wildman–Crippen LogP) is 3.91. The second-order valence-corrected chi connectivity index (χ2v) is 3.89. The molecule has 0 heterocycles. The van der Waals surface area contributed by atoms with Crippen LogP contribution in [0.3, 0.4) is 0 Å². The van der Waals surface area contributed by atoms with Gasteiger partial charge in [0.2, 0.25) is 0 Å². The van der Waals surface area contributed by atoms with E-state index in [0.717, 1.165) is 6.07 Å². The highest BCUT2D eigenvalue weighted by Crippen LogP contribution is 2.21. The molecule has 2 nitrogen and oxygen atoms in total. The van der Waals surface area contributed by atoms with E-state index in [-0.39, 0.29) is 17.0 Å². The van der Waals surface area contributed by atoms with Crippen LogP contribution >= 0.6 is 0 Å². The van der Waals surface area contributed by atoms with Crippen molar-refractivity contribution in [3.8, 4) is 0 Å². The zero-order valence-corrected chi connectivity index (χ0v) is 9.71. The summed E-state index contributed by atoms with van der Waals surface area (Å²) in [7, 11) is 0. The van der Waals surface area contributed by atoms with Crippen molar-refractivity contribution in [1.29, 1.82) is 0 Å². The molecule has 0 aliphatic heterocycles. The van der Waals surface area contributed by atoms with Crippen LogP contribution in [0.25, 0.3) is 0 Å². The molecular formula is C14H11F2NO. The van der Waals surface area contributed by atoms with Gasteiger partial charge in [0.05, 0.1) is 5.69 Å². The normalized spacial score (nSPS) is 10.2. The molecule has 92 valence electrons. The summed E-state index contributed by atoms with van der Waals surface area (Å²) in [5.74, 6) is -1.22. The Morgan fingerprint density at radius 2 is 1.83 bits per heavy atom. The average Bonchev–Trinajstić information content (AvgIpc) is 2.31. The molecule has 0 bridgehead atoms. The second-order valence-electron chi connectivity index (χ2n) is 3.89. The molecule has 0 atom stereocenters. The predicted molar refractivity (Wildman–Crippen MR) is 66.1 cm³/mol. The molecule has 0 radical (unpaired) electrons. The van der Waals surface area contributed by atoms with E-state index in [1.54, 1.807) is 12.1 Å². The van der Waals surface area contributed by atoms with Gasteiger partial charge in [-0.3, -0.25) is 4.79 Å². The summed E-state index contributed by atoms with van der Waals surface area (Å²) in [5.41, 5.74) is 0.816. The lowest BCUT2D eigenvalue weighted by Crippen LogP contribution is -1.98. The molecule has 0 aromatic heterocycles. The number of nitrogens with one attached hydrogen (secondary N) is 1. The molecule has 0 saturated heterocycles. The van der Waals surface area contributed by atoms with Crippen LogP contribution in [0.4, 0.5) is 20.2 Å². The number of rotatable bonds is 3. The van der Waals surface area contributed by atoms with Crippen molar-refractivity contribution >= 4 is 17.2 Å². The largest absolute Gasteiger partial charge is 0.353 e. The van der Waals surface area contributed by atoms with Crippen LogP contribution in [0.15, 0.2) is 42.5 Å². The van der Waals surface area contributed by atoms with Crippen molar-refractivity contribution < 1.29 is 13.6 Å². The summed E-state index contributed by atoms with van der Waals surface area (Å²) < 4.78 is 26.7. The molecule has 0 fully saturated rings. The van der Waals surface area contributed by atoms with Gasteiger partial charge in [-0.05, 0) is 37.3 Å². The first kappa shape index (κ1) is 12.2. The number of hydrogen-bond donors (Lipinski definition) is 1. The Hall–Kier alpha value is -2.23. The standard InChI is InChI=1S/C14H11F2NO/c1-9(18)10-6-11(15)8-12(7-10)17-14-5-3-2-4-13(14)16/h2-8,17H,1H3. The molecule has 0 saturated carbocycles. The lowest BCUT2D eigenvalue weighted by molar-refractivity contribution is 0.101. The van der Waals surface area contributed by atoms with Gasteiger partial charge in [0, 0.05) is 11.3 Å². The lowest BCUT2D eigenvalue weighted by atomic mass is 10.1. The third kappa shape index (κ3) is 2.71. The number of benzene rings is 2. The maximum atomic E-state index is 13.4. The quantitative estimate of drug-likeness (QED) is 0.833. The van der Waals surface area contributed by atoms with Crippen LogP contribution in [-0.4, -0.2) is 5.78 Å². The van der Waals surface area contributed by atoms with Crippen LogP contribution in [0.5, 0.6) is 0 Å². The van der Waals surface area contributed by atoms with Gasteiger partial charge in [0.25, 0.3) is 0 Å². The molecule has 0 aliphatic carbocycles. The highest BCUT2D eigenvalue weighted by Gasteiger charge is 2.06. The number of hydrogen-bond acceptors (Lipinski definition) is 2. The summed E-state index contributed by atoms with van der Waals surface area (Å²) >= 11 is 0. The molecular weight excluding hydrogens is 236 g/mol. The molecule has 0 spiro atoms. The Kier molecular flexibility index (Phi) is 3.37. The van der Waals surface area contributed by atoms with E-state index in [1.165, 1.54) is 31.2 Å². The van der Waals surface area contributed by atoms with E-state index in [9.17, 15) is 13.6 Å². The Balaban J connectivity index is 2.35. The van der Waals surface area contributed by atoms with Crippen LogP contribution < -0.4 is 5.32 Å². The molecule has 2 aromatic carbocycles. The van der Waals surface area contributed by atoms with Crippen molar-refractivity contribution in [2.75, 3.05) is 5.32 Å². The van der Waals surface area contributed by atoms with Crippen molar-refractivity contribution in [1.82, 2.24) is 0 Å². The Morgan fingerprint density at radius 3 is 2.50 bits per heavy atom. The van der Waals surface area contributed by atoms with Crippen LogP contribution in [0.2, 0.25) is 0 Å². The smallest absolute Gasteiger partial charge is 0.159 e. The molecule has 2 rings (SSSR count). The maximum Gasteiger partial charge on any atom is 0.159 e. The summed E-state index contributed by atoms with van der Waals surface area (Å²) in [6, 6.07) is 9.90. The molecule has 1 N–H and O–H groups in total. The van der Waals surface area contributed by atoms with Crippen molar-refractivity contribution in [2.24, 2.45) is 0 Å². The van der Waals surface area contributed by atoms with Crippen molar-refractivity contribution in [3.63, 3.8) is 0 Å². The van der Waals surface area contributed by atoms with E-state index in [0.29, 0.717) is 5.69 Å². The third-order valence-corrected chi connectivity index (χ3v) is 2.46. The fraction of sp³-hybridized carbons (Fsp3) is 0.0714. The Bertz CT molecular complexity index is 596.